The van der Waals surface area contributed by atoms with Gasteiger partial charge in [0.2, 0.25) is 11.8 Å². The number of halogens is 1. The van der Waals surface area contributed by atoms with Crippen LogP contribution in [0.3, 0.4) is 0 Å². The summed E-state index contributed by atoms with van der Waals surface area (Å²) in [6, 6.07) is 7.49. The van der Waals surface area contributed by atoms with E-state index in [0.717, 1.165) is 31.5 Å². The van der Waals surface area contributed by atoms with Crippen molar-refractivity contribution < 1.29 is 14.3 Å². The Balaban J connectivity index is 1.68. The van der Waals surface area contributed by atoms with E-state index in [9.17, 15) is 9.59 Å². The zero-order valence-corrected chi connectivity index (χ0v) is 17.5. The Kier molecular flexibility index (Phi) is 7.32. The van der Waals surface area contributed by atoms with E-state index in [4.69, 9.17) is 16.3 Å². The lowest BCUT2D eigenvalue weighted by atomic mass is 10.0. The summed E-state index contributed by atoms with van der Waals surface area (Å²) in [5, 5.41) is 3.81. The van der Waals surface area contributed by atoms with Crippen LogP contribution in [0.25, 0.3) is 0 Å². The van der Waals surface area contributed by atoms with Gasteiger partial charge in [0, 0.05) is 37.1 Å². The van der Waals surface area contributed by atoms with Gasteiger partial charge in [-0.1, -0.05) is 37.6 Å². The number of morpholine rings is 1. The van der Waals surface area contributed by atoms with Crippen LogP contribution >= 0.6 is 11.6 Å². The van der Waals surface area contributed by atoms with Gasteiger partial charge in [-0.15, -0.1) is 0 Å². The second-order valence-electron chi connectivity index (χ2n) is 7.81. The summed E-state index contributed by atoms with van der Waals surface area (Å²) in [6.45, 7) is 7.96. The molecule has 6 nitrogen and oxygen atoms in total. The largest absolute Gasteiger partial charge is 0.379 e. The molecular weight excluding hydrogens is 378 g/mol. The normalized spacial score (nSPS) is 21.7. The van der Waals surface area contributed by atoms with Crippen molar-refractivity contribution in [1.82, 2.24) is 15.1 Å². The second-order valence-corrected chi connectivity index (χ2v) is 8.24. The Labute approximate surface area is 172 Å². The predicted octanol–water partition coefficient (Wildman–Crippen LogP) is 2.48. The number of carbonyl (C=O) groups excluding carboxylic acids is 2. The third-order valence-electron chi connectivity index (χ3n) is 5.54. The van der Waals surface area contributed by atoms with Crippen LogP contribution < -0.4 is 5.32 Å². The van der Waals surface area contributed by atoms with Crippen molar-refractivity contribution in [3.05, 3.63) is 34.9 Å². The monoisotopic (exact) mass is 407 g/mol. The van der Waals surface area contributed by atoms with E-state index in [0.29, 0.717) is 31.3 Å². The molecule has 154 valence electrons. The van der Waals surface area contributed by atoms with Crippen molar-refractivity contribution in [3.8, 4) is 0 Å². The molecular formula is C21H30ClN3O3. The summed E-state index contributed by atoms with van der Waals surface area (Å²) in [5.41, 5.74) is 1.12. The molecule has 0 saturated carbocycles. The summed E-state index contributed by atoms with van der Waals surface area (Å²) in [4.78, 5) is 29.4. The number of likely N-dealkylation sites (tertiary alicyclic amines) is 1. The fourth-order valence-corrected chi connectivity index (χ4v) is 4.11. The number of carbonyl (C=O) groups is 2. The van der Waals surface area contributed by atoms with Crippen LogP contribution in [0, 0.1) is 5.92 Å². The number of hydrogen-bond acceptors (Lipinski definition) is 4. The first-order chi connectivity index (χ1) is 13.5. The molecule has 2 amide bonds. The highest BCUT2D eigenvalue weighted by Crippen LogP contribution is 2.24. The molecule has 2 aliphatic rings. The van der Waals surface area contributed by atoms with Gasteiger partial charge in [-0.25, -0.2) is 0 Å². The molecule has 0 aliphatic carbocycles. The quantitative estimate of drug-likeness (QED) is 0.786. The lowest BCUT2D eigenvalue weighted by Crippen LogP contribution is -2.50. The van der Waals surface area contributed by atoms with Crippen LogP contribution in [0.5, 0.6) is 0 Å². The number of hydrogen-bond donors (Lipinski definition) is 1. The highest BCUT2D eigenvalue weighted by atomic mass is 35.5. The minimum atomic E-state index is -0.356. The fourth-order valence-electron chi connectivity index (χ4n) is 3.98. The van der Waals surface area contributed by atoms with E-state index >= 15 is 0 Å². The molecule has 1 aromatic carbocycles. The Hall–Kier alpha value is -1.63. The molecule has 7 heteroatoms. The van der Waals surface area contributed by atoms with Crippen LogP contribution in [-0.2, 0) is 14.3 Å². The highest BCUT2D eigenvalue weighted by molar-refractivity contribution is 6.30. The number of nitrogens with zero attached hydrogens (tertiary/aromatic N) is 2. The van der Waals surface area contributed by atoms with E-state index in [1.807, 2.05) is 38.1 Å². The van der Waals surface area contributed by atoms with Crippen LogP contribution in [0.4, 0.5) is 0 Å². The zero-order valence-electron chi connectivity index (χ0n) is 16.7. The van der Waals surface area contributed by atoms with Crippen molar-refractivity contribution in [2.75, 3.05) is 39.4 Å². The van der Waals surface area contributed by atoms with Gasteiger partial charge in [0.1, 0.15) is 6.04 Å². The van der Waals surface area contributed by atoms with E-state index in [-0.39, 0.29) is 29.8 Å². The summed E-state index contributed by atoms with van der Waals surface area (Å²) < 4.78 is 5.48. The van der Waals surface area contributed by atoms with Crippen molar-refractivity contribution in [1.29, 1.82) is 0 Å². The Morgan fingerprint density at radius 2 is 1.86 bits per heavy atom. The number of ether oxygens (including phenoxy) is 1. The molecule has 2 fully saturated rings. The minimum absolute atomic E-state index is 0.0556. The maximum Gasteiger partial charge on any atom is 0.242 e. The topological polar surface area (TPSA) is 61.9 Å². The van der Waals surface area contributed by atoms with Crippen molar-refractivity contribution >= 4 is 23.4 Å². The average Bonchev–Trinajstić information content (AvgIpc) is 3.19. The molecule has 2 saturated heterocycles. The number of rotatable bonds is 6. The molecule has 0 aromatic heterocycles. The number of benzene rings is 1. The Bertz CT molecular complexity index is 674. The Morgan fingerprint density at radius 3 is 2.50 bits per heavy atom. The first kappa shape index (κ1) is 21.1. The molecule has 0 spiro atoms. The molecule has 2 aliphatic heterocycles. The van der Waals surface area contributed by atoms with Gasteiger partial charge in [0.05, 0.1) is 19.3 Å². The third-order valence-corrected chi connectivity index (χ3v) is 5.80. The average molecular weight is 408 g/mol. The highest BCUT2D eigenvalue weighted by Gasteiger charge is 2.35. The minimum Gasteiger partial charge on any atom is -0.379 e. The summed E-state index contributed by atoms with van der Waals surface area (Å²) in [7, 11) is 0. The second kappa shape index (κ2) is 9.72. The van der Waals surface area contributed by atoms with E-state index < -0.39 is 0 Å². The van der Waals surface area contributed by atoms with Gasteiger partial charge < -0.3 is 15.0 Å². The standard InChI is InChI=1S/C21H30ClN3O3/c1-15(2)21(27)25-9-3-4-18(25)20(26)23-14-19(24-10-12-28-13-11-24)16-5-7-17(22)8-6-16/h5-8,15,18-19H,3-4,9-14H2,1-2H3,(H,23,26). The van der Waals surface area contributed by atoms with E-state index in [1.165, 1.54) is 0 Å². The SMILES string of the molecule is CC(C)C(=O)N1CCCC1C(=O)NCC(c1ccc(Cl)cc1)N1CCOCC1. The summed E-state index contributed by atoms with van der Waals surface area (Å²) in [5.74, 6) is -0.0950. The molecule has 0 radical (unpaired) electrons. The van der Waals surface area contributed by atoms with E-state index in [2.05, 4.69) is 10.2 Å². The molecule has 2 heterocycles. The predicted molar refractivity (Wildman–Crippen MR) is 109 cm³/mol. The van der Waals surface area contributed by atoms with Gasteiger partial charge >= 0.3 is 0 Å². The lowest BCUT2D eigenvalue weighted by Gasteiger charge is -2.35. The van der Waals surface area contributed by atoms with Crippen molar-refractivity contribution in [3.63, 3.8) is 0 Å². The van der Waals surface area contributed by atoms with Crippen LogP contribution in [0.2, 0.25) is 5.02 Å². The molecule has 0 bridgehead atoms. The smallest absolute Gasteiger partial charge is 0.242 e. The van der Waals surface area contributed by atoms with Gasteiger partial charge in [-0.2, -0.15) is 0 Å². The maximum atomic E-state index is 12.9. The molecule has 3 rings (SSSR count). The third kappa shape index (κ3) is 5.04. The first-order valence-electron chi connectivity index (χ1n) is 10.1. The molecule has 1 N–H and O–H groups in total. The summed E-state index contributed by atoms with van der Waals surface area (Å²) in [6.07, 6.45) is 1.61. The first-order valence-corrected chi connectivity index (χ1v) is 10.5. The zero-order chi connectivity index (χ0) is 20.1. The van der Waals surface area contributed by atoms with Gasteiger partial charge in [-0.3, -0.25) is 14.5 Å². The van der Waals surface area contributed by atoms with Gasteiger partial charge in [-0.05, 0) is 30.5 Å². The van der Waals surface area contributed by atoms with Gasteiger partial charge in [0.15, 0.2) is 0 Å². The maximum absolute atomic E-state index is 12.9. The van der Waals surface area contributed by atoms with Crippen LogP contribution in [0.1, 0.15) is 38.3 Å². The fraction of sp³-hybridized carbons (Fsp3) is 0.619. The van der Waals surface area contributed by atoms with E-state index in [1.54, 1.807) is 4.90 Å². The van der Waals surface area contributed by atoms with Crippen LogP contribution in [-0.4, -0.2) is 67.0 Å². The van der Waals surface area contributed by atoms with Crippen molar-refractivity contribution in [2.45, 2.75) is 38.8 Å². The van der Waals surface area contributed by atoms with Crippen LogP contribution in [0.15, 0.2) is 24.3 Å². The molecule has 1 aromatic rings. The van der Waals surface area contributed by atoms with Gasteiger partial charge in [0.25, 0.3) is 0 Å². The lowest BCUT2D eigenvalue weighted by molar-refractivity contribution is -0.140. The molecule has 2 atom stereocenters. The number of amides is 2. The molecule has 28 heavy (non-hydrogen) atoms. The number of nitrogens with one attached hydrogen (secondary N) is 1. The van der Waals surface area contributed by atoms with Crippen molar-refractivity contribution in [2.24, 2.45) is 5.92 Å². The summed E-state index contributed by atoms with van der Waals surface area (Å²) >= 11 is 6.05. The molecule has 2 unspecified atom stereocenters. The Morgan fingerprint density at radius 1 is 1.18 bits per heavy atom.